The molecule has 0 radical (unpaired) electrons. The number of pyridine rings is 1. The SMILES string of the molecule is COC(=O)c1cc(I)cc(C(=O)c2ccc(NCC3(c4ccc(Cl)cc4)CC3)cn2)c1. The Balaban J connectivity index is 1.45. The molecule has 0 amide bonds. The Morgan fingerprint density at radius 1 is 1.10 bits per heavy atom. The number of ether oxygens (including phenoxy) is 1. The highest BCUT2D eigenvalue weighted by molar-refractivity contribution is 14.1. The first-order chi connectivity index (χ1) is 14.9. The van der Waals surface area contributed by atoms with E-state index in [4.69, 9.17) is 16.3 Å². The maximum atomic E-state index is 12.9. The highest BCUT2D eigenvalue weighted by Gasteiger charge is 2.43. The van der Waals surface area contributed by atoms with Crippen molar-refractivity contribution in [2.24, 2.45) is 0 Å². The monoisotopic (exact) mass is 546 g/mol. The number of nitrogens with one attached hydrogen (secondary N) is 1. The van der Waals surface area contributed by atoms with E-state index < -0.39 is 5.97 Å². The summed E-state index contributed by atoms with van der Waals surface area (Å²) in [5.41, 5.74) is 3.33. The fourth-order valence-electron chi connectivity index (χ4n) is 3.53. The lowest BCUT2D eigenvalue weighted by molar-refractivity contribution is 0.0600. The average molecular weight is 547 g/mol. The van der Waals surface area contributed by atoms with E-state index in [1.165, 1.54) is 18.7 Å². The molecule has 0 bridgehead atoms. The van der Waals surface area contributed by atoms with Gasteiger partial charge in [-0.05, 0) is 83.5 Å². The molecule has 1 N–H and O–H groups in total. The molecule has 5 nitrogen and oxygen atoms in total. The van der Waals surface area contributed by atoms with Crippen molar-refractivity contribution in [3.63, 3.8) is 0 Å². The zero-order chi connectivity index (χ0) is 22.0. The number of carbonyl (C=O) groups excluding carboxylic acids is 2. The van der Waals surface area contributed by atoms with E-state index in [0.717, 1.165) is 33.7 Å². The van der Waals surface area contributed by atoms with E-state index >= 15 is 0 Å². The molecule has 3 aromatic rings. The Hall–Kier alpha value is -2.45. The molecule has 0 atom stereocenters. The van der Waals surface area contributed by atoms with Crippen LogP contribution >= 0.6 is 34.2 Å². The fraction of sp³-hybridized carbons (Fsp3) is 0.208. The lowest BCUT2D eigenvalue weighted by Gasteiger charge is -2.17. The molecular formula is C24H20ClIN2O3. The zero-order valence-electron chi connectivity index (χ0n) is 16.8. The van der Waals surface area contributed by atoms with Crippen LogP contribution in [0, 0.1) is 3.57 Å². The summed E-state index contributed by atoms with van der Waals surface area (Å²) in [6, 6.07) is 16.5. The second-order valence-electron chi connectivity index (χ2n) is 7.62. The van der Waals surface area contributed by atoms with E-state index in [-0.39, 0.29) is 11.2 Å². The summed E-state index contributed by atoms with van der Waals surface area (Å²) in [7, 11) is 1.32. The van der Waals surface area contributed by atoms with Gasteiger partial charge in [-0.1, -0.05) is 23.7 Å². The number of halogens is 2. The van der Waals surface area contributed by atoms with Crippen LogP contribution in [0.4, 0.5) is 5.69 Å². The van der Waals surface area contributed by atoms with Gasteiger partial charge in [-0.15, -0.1) is 0 Å². The molecule has 0 spiro atoms. The van der Waals surface area contributed by atoms with Crippen LogP contribution in [0.2, 0.25) is 5.02 Å². The van der Waals surface area contributed by atoms with Gasteiger partial charge in [0.1, 0.15) is 5.69 Å². The van der Waals surface area contributed by atoms with Crippen LogP contribution in [0.25, 0.3) is 0 Å². The topological polar surface area (TPSA) is 68.3 Å². The smallest absolute Gasteiger partial charge is 0.337 e. The van der Waals surface area contributed by atoms with Crippen LogP contribution in [-0.2, 0) is 10.2 Å². The highest BCUT2D eigenvalue weighted by Crippen LogP contribution is 2.48. The largest absolute Gasteiger partial charge is 0.465 e. The third-order valence-electron chi connectivity index (χ3n) is 5.52. The van der Waals surface area contributed by atoms with Gasteiger partial charge in [0.05, 0.1) is 24.6 Å². The van der Waals surface area contributed by atoms with Gasteiger partial charge in [-0.3, -0.25) is 9.78 Å². The number of hydrogen-bond donors (Lipinski definition) is 1. The lowest BCUT2D eigenvalue weighted by atomic mass is 9.96. The van der Waals surface area contributed by atoms with E-state index in [9.17, 15) is 9.59 Å². The molecule has 1 heterocycles. The molecule has 7 heteroatoms. The molecule has 0 unspecified atom stereocenters. The molecule has 0 saturated heterocycles. The predicted octanol–water partition coefficient (Wildman–Crippen LogP) is 5.50. The van der Waals surface area contributed by atoms with Crippen molar-refractivity contribution in [2.75, 3.05) is 19.0 Å². The highest BCUT2D eigenvalue weighted by atomic mass is 127. The van der Waals surface area contributed by atoms with Gasteiger partial charge >= 0.3 is 5.97 Å². The van der Waals surface area contributed by atoms with Gasteiger partial charge in [-0.2, -0.15) is 0 Å². The summed E-state index contributed by atoms with van der Waals surface area (Å²) in [6.45, 7) is 0.795. The van der Waals surface area contributed by atoms with Crippen LogP contribution < -0.4 is 5.32 Å². The maximum Gasteiger partial charge on any atom is 0.337 e. The lowest BCUT2D eigenvalue weighted by Crippen LogP contribution is -2.19. The van der Waals surface area contributed by atoms with Crippen LogP contribution in [-0.4, -0.2) is 30.4 Å². The Kier molecular flexibility index (Phi) is 6.29. The minimum atomic E-state index is -0.477. The normalized spacial score (nSPS) is 14.0. The first kappa shape index (κ1) is 21.8. The summed E-state index contributed by atoms with van der Waals surface area (Å²) in [5.74, 6) is -0.718. The van der Waals surface area contributed by atoms with Crippen LogP contribution in [0.1, 0.15) is 44.8 Å². The summed E-state index contributed by atoms with van der Waals surface area (Å²) in [4.78, 5) is 29.0. The second kappa shape index (κ2) is 8.96. The third kappa shape index (κ3) is 4.91. The molecule has 1 aliphatic rings. The first-order valence-electron chi connectivity index (χ1n) is 9.80. The van der Waals surface area contributed by atoms with Gasteiger partial charge in [-0.25, -0.2) is 4.79 Å². The Morgan fingerprint density at radius 3 is 2.42 bits per heavy atom. The minimum absolute atomic E-state index is 0.129. The maximum absolute atomic E-state index is 12.9. The molecular weight excluding hydrogens is 527 g/mol. The number of aromatic nitrogens is 1. The second-order valence-corrected chi connectivity index (χ2v) is 9.30. The van der Waals surface area contributed by atoms with Crippen LogP contribution in [0.3, 0.4) is 0 Å². The van der Waals surface area contributed by atoms with Crippen molar-refractivity contribution in [3.8, 4) is 0 Å². The predicted molar refractivity (Wildman–Crippen MR) is 129 cm³/mol. The minimum Gasteiger partial charge on any atom is -0.465 e. The number of rotatable bonds is 7. The molecule has 0 aliphatic heterocycles. The van der Waals surface area contributed by atoms with Gasteiger partial charge in [0.2, 0.25) is 5.78 Å². The summed E-state index contributed by atoms with van der Waals surface area (Å²) in [6.07, 6.45) is 3.92. The molecule has 1 saturated carbocycles. The average Bonchev–Trinajstić information content (AvgIpc) is 3.58. The standard InChI is InChI=1S/C24H20ClIN2O3/c1-31-23(30)16-10-15(11-19(26)12-16)22(29)21-7-6-20(13-27-21)28-14-24(8-9-24)17-2-4-18(25)5-3-17/h2-7,10-13,28H,8-9,14H2,1H3. The number of benzene rings is 2. The number of esters is 1. The molecule has 4 rings (SSSR count). The van der Waals surface area contributed by atoms with Crippen molar-refractivity contribution in [1.29, 1.82) is 0 Å². The van der Waals surface area contributed by atoms with E-state index in [1.54, 1.807) is 24.4 Å². The van der Waals surface area contributed by atoms with E-state index in [0.29, 0.717) is 16.8 Å². The first-order valence-corrected chi connectivity index (χ1v) is 11.3. The summed E-state index contributed by atoms with van der Waals surface area (Å²) >= 11 is 8.08. The molecule has 31 heavy (non-hydrogen) atoms. The number of methoxy groups -OCH3 is 1. The van der Waals surface area contributed by atoms with Crippen LogP contribution in [0.5, 0.6) is 0 Å². The Bertz CT molecular complexity index is 1130. The molecule has 1 fully saturated rings. The van der Waals surface area contributed by atoms with Crippen LogP contribution in [0.15, 0.2) is 60.8 Å². The summed E-state index contributed by atoms with van der Waals surface area (Å²) in [5, 5.41) is 4.18. The van der Waals surface area contributed by atoms with Crippen molar-refractivity contribution in [3.05, 3.63) is 91.8 Å². The van der Waals surface area contributed by atoms with Crippen molar-refractivity contribution >= 4 is 51.6 Å². The van der Waals surface area contributed by atoms with Gasteiger partial charge < -0.3 is 10.1 Å². The number of anilines is 1. The van der Waals surface area contributed by atoms with E-state index in [2.05, 4.69) is 45.0 Å². The number of carbonyl (C=O) groups is 2. The molecule has 1 aliphatic carbocycles. The molecule has 158 valence electrons. The van der Waals surface area contributed by atoms with Crippen molar-refractivity contribution in [2.45, 2.75) is 18.3 Å². The fourth-order valence-corrected chi connectivity index (χ4v) is 4.33. The third-order valence-corrected chi connectivity index (χ3v) is 6.39. The van der Waals surface area contributed by atoms with Gasteiger partial charge in [0.25, 0.3) is 0 Å². The van der Waals surface area contributed by atoms with Crippen molar-refractivity contribution in [1.82, 2.24) is 4.98 Å². The molecule has 2 aromatic carbocycles. The molecule has 1 aromatic heterocycles. The number of ketones is 1. The van der Waals surface area contributed by atoms with Gasteiger partial charge in [0, 0.05) is 26.1 Å². The number of nitrogens with zero attached hydrogens (tertiary/aromatic N) is 1. The van der Waals surface area contributed by atoms with Crippen molar-refractivity contribution < 1.29 is 14.3 Å². The summed E-state index contributed by atoms with van der Waals surface area (Å²) < 4.78 is 5.54. The Morgan fingerprint density at radius 2 is 1.81 bits per heavy atom. The quantitative estimate of drug-likeness (QED) is 0.241. The zero-order valence-corrected chi connectivity index (χ0v) is 19.7. The van der Waals surface area contributed by atoms with Gasteiger partial charge in [0.15, 0.2) is 0 Å². The van der Waals surface area contributed by atoms with E-state index in [1.807, 2.05) is 18.2 Å². The number of hydrogen-bond acceptors (Lipinski definition) is 5. The Labute approximate surface area is 199 Å².